The number of aromatic nitrogens is 3. The van der Waals surface area contributed by atoms with Gasteiger partial charge in [-0.3, -0.25) is 10.2 Å². The summed E-state index contributed by atoms with van der Waals surface area (Å²) >= 11 is 0. The van der Waals surface area contributed by atoms with Gasteiger partial charge in [-0.05, 0) is 47.9 Å². The molecule has 0 spiro atoms. The lowest BCUT2D eigenvalue weighted by Gasteiger charge is -2.34. The van der Waals surface area contributed by atoms with Crippen molar-refractivity contribution in [3.05, 3.63) is 112 Å². The molecule has 3 aromatic carbocycles. The number of carbonyl (C=O) groups excluding carboxylic acids is 1. The molecule has 9 nitrogen and oxygen atoms in total. The van der Waals surface area contributed by atoms with Gasteiger partial charge in [0.05, 0.1) is 23.3 Å². The van der Waals surface area contributed by atoms with Crippen molar-refractivity contribution in [2.75, 3.05) is 10.2 Å². The van der Waals surface area contributed by atoms with Crippen molar-refractivity contribution in [2.24, 2.45) is 0 Å². The summed E-state index contributed by atoms with van der Waals surface area (Å²) in [5.41, 5.74) is 3.99. The van der Waals surface area contributed by atoms with Crippen molar-refractivity contribution in [1.82, 2.24) is 14.8 Å². The van der Waals surface area contributed by atoms with E-state index >= 15 is 0 Å². The van der Waals surface area contributed by atoms with E-state index in [1.54, 1.807) is 60.4 Å². The van der Waals surface area contributed by atoms with Crippen LogP contribution in [0.25, 0.3) is 0 Å². The van der Waals surface area contributed by atoms with Crippen molar-refractivity contribution >= 4 is 23.7 Å². The van der Waals surface area contributed by atoms with E-state index in [9.17, 15) is 19.7 Å². The van der Waals surface area contributed by atoms with Gasteiger partial charge in [-0.1, -0.05) is 54.6 Å². The number of nitriles is 2. The number of hydrogen-bond acceptors (Lipinski definition) is 7. The number of carbonyl (C=O) groups is 1. The summed E-state index contributed by atoms with van der Waals surface area (Å²) in [5.74, 6) is 0.288. The van der Waals surface area contributed by atoms with Crippen molar-refractivity contribution in [2.45, 2.75) is 26.2 Å². The second-order valence-electron chi connectivity index (χ2n) is 8.75. The highest BCUT2D eigenvalue weighted by Gasteiger charge is 2.36. The van der Waals surface area contributed by atoms with E-state index in [2.05, 4.69) is 27.5 Å². The highest BCUT2D eigenvalue weighted by Crippen LogP contribution is 2.42. The summed E-state index contributed by atoms with van der Waals surface area (Å²) in [5, 5.41) is 26.5. The number of amides is 1. The van der Waals surface area contributed by atoms with Crippen LogP contribution >= 0.6 is 0 Å². The second kappa shape index (κ2) is 10.9. The van der Waals surface area contributed by atoms with Gasteiger partial charge in [-0.15, -0.1) is 5.10 Å². The molecule has 0 fully saturated rings. The van der Waals surface area contributed by atoms with Crippen LogP contribution in [0.5, 0.6) is 0 Å². The predicted molar refractivity (Wildman–Crippen MR) is 141 cm³/mol. The molecule has 4 aromatic rings. The first-order chi connectivity index (χ1) is 19.0. The Morgan fingerprint density at radius 2 is 1.77 bits per heavy atom. The Bertz CT molecular complexity index is 1630. The summed E-state index contributed by atoms with van der Waals surface area (Å²) in [6.45, 7) is 1.18. The number of fused-ring (bicyclic) bond motifs is 1. The Labute approximate surface area is 224 Å². The molecule has 1 aromatic heterocycles. The second-order valence-corrected chi connectivity index (χ2v) is 8.75. The first kappa shape index (κ1) is 25.2. The maximum atomic E-state index is 13.5. The minimum atomic E-state index is -0.743. The van der Waals surface area contributed by atoms with Gasteiger partial charge < -0.3 is 4.74 Å². The zero-order valence-electron chi connectivity index (χ0n) is 20.9. The molecular formula is C29H22FN7O2. The lowest BCUT2D eigenvalue weighted by molar-refractivity contribution is 0.155. The lowest BCUT2D eigenvalue weighted by atomic mass is 9.95. The SMILES string of the molecule is CC1=C(C#N)[C@@H](c2ccc(C#N)cc2)n2nc(NC(=O)OCc3ccccc3)nc2N1c1cccc(CF)c1. The average molecular weight is 520 g/mol. The van der Waals surface area contributed by atoms with Gasteiger partial charge in [-0.25, -0.2) is 13.9 Å². The normalized spacial score (nSPS) is 14.3. The van der Waals surface area contributed by atoms with E-state index in [0.717, 1.165) is 5.56 Å². The third kappa shape index (κ3) is 5.04. The van der Waals surface area contributed by atoms with Gasteiger partial charge in [0.25, 0.3) is 5.95 Å². The standard InChI is InChI=1S/C29H22FN7O2/c1-19-25(17-32)26(23-12-10-20(16-31)11-13-23)37-28(36(19)24-9-5-8-22(14-24)15-30)33-27(35-37)34-29(38)39-18-21-6-3-2-4-7-21/h2-14,26H,15,18H2,1H3,(H,34,35,38)/t26-/m1/s1. The number of ether oxygens (including phenoxy) is 1. The summed E-state index contributed by atoms with van der Waals surface area (Å²) in [7, 11) is 0. The third-order valence-electron chi connectivity index (χ3n) is 6.28. The highest BCUT2D eigenvalue weighted by atomic mass is 19.1. The van der Waals surface area contributed by atoms with Gasteiger partial charge in [0.15, 0.2) is 0 Å². The van der Waals surface area contributed by atoms with Gasteiger partial charge in [0.2, 0.25) is 5.95 Å². The molecule has 1 N–H and O–H groups in total. The molecule has 39 heavy (non-hydrogen) atoms. The van der Waals surface area contributed by atoms with Crippen LogP contribution in [-0.2, 0) is 18.0 Å². The fourth-order valence-corrected chi connectivity index (χ4v) is 4.41. The van der Waals surface area contributed by atoms with Crippen LogP contribution in [0.2, 0.25) is 0 Å². The summed E-state index contributed by atoms with van der Waals surface area (Å²) in [6.07, 6.45) is -0.743. The van der Waals surface area contributed by atoms with E-state index in [4.69, 9.17) is 4.74 Å². The molecule has 1 amide bonds. The van der Waals surface area contributed by atoms with Crippen LogP contribution in [0.15, 0.2) is 90.1 Å². The number of alkyl halides is 1. The average Bonchev–Trinajstić information content (AvgIpc) is 3.38. The molecule has 1 atom stereocenters. The van der Waals surface area contributed by atoms with Crippen LogP contribution in [-0.4, -0.2) is 20.9 Å². The van der Waals surface area contributed by atoms with E-state index in [1.165, 1.54) is 4.68 Å². The molecule has 1 aliphatic rings. The van der Waals surface area contributed by atoms with Crippen LogP contribution in [0.3, 0.4) is 0 Å². The van der Waals surface area contributed by atoms with Gasteiger partial charge >= 0.3 is 6.09 Å². The zero-order valence-corrected chi connectivity index (χ0v) is 20.9. The fraction of sp³-hybridized carbons (Fsp3) is 0.138. The van der Waals surface area contributed by atoms with Gasteiger partial charge in [0.1, 0.15) is 19.3 Å². The largest absolute Gasteiger partial charge is 0.444 e. The summed E-state index contributed by atoms with van der Waals surface area (Å²) < 4.78 is 20.3. The molecule has 0 aliphatic carbocycles. The van der Waals surface area contributed by atoms with Gasteiger partial charge in [-0.2, -0.15) is 15.5 Å². The number of allylic oxidation sites excluding steroid dienone is 2. The third-order valence-corrected chi connectivity index (χ3v) is 6.28. The van der Waals surface area contributed by atoms with Crippen molar-refractivity contribution in [3.63, 3.8) is 0 Å². The molecule has 0 radical (unpaired) electrons. The van der Waals surface area contributed by atoms with Crippen molar-refractivity contribution in [1.29, 1.82) is 10.5 Å². The molecule has 1 aliphatic heterocycles. The minimum Gasteiger partial charge on any atom is -0.444 e. The molecule has 10 heteroatoms. The van der Waals surface area contributed by atoms with Gasteiger partial charge in [0, 0.05) is 11.4 Å². The first-order valence-electron chi connectivity index (χ1n) is 12.0. The topological polar surface area (TPSA) is 120 Å². The summed E-state index contributed by atoms with van der Waals surface area (Å²) in [6, 6.07) is 26.6. The monoisotopic (exact) mass is 519 g/mol. The Hall–Kier alpha value is -5.48. The number of nitrogens with one attached hydrogen (secondary N) is 1. The molecule has 0 saturated heterocycles. The number of benzene rings is 3. The van der Waals surface area contributed by atoms with Crippen LogP contribution in [0, 0.1) is 22.7 Å². The first-order valence-corrected chi connectivity index (χ1v) is 12.0. The smallest absolute Gasteiger partial charge is 0.414 e. The molecule has 192 valence electrons. The van der Waals surface area contributed by atoms with Crippen LogP contribution in [0.1, 0.15) is 35.2 Å². The number of hydrogen-bond donors (Lipinski definition) is 1. The molecule has 0 bridgehead atoms. The van der Waals surface area contributed by atoms with E-state index in [1.807, 2.05) is 30.3 Å². The molecule has 2 heterocycles. The Morgan fingerprint density at radius 1 is 1.03 bits per heavy atom. The quantitative estimate of drug-likeness (QED) is 0.336. The maximum Gasteiger partial charge on any atom is 0.414 e. The Balaban J connectivity index is 1.55. The van der Waals surface area contributed by atoms with Crippen LogP contribution in [0.4, 0.5) is 26.8 Å². The number of rotatable bonds is 6. The molecule has 0 unspecified atom stereocenters. The Morgan fingerprint density at radius 3 is 2.46 bits per heavy atom. The van der Waals surface area contributed by atoms with Crippen LogP contribution < -0.4 is 10.2 Å². The van der Waals surface area contributed by atoms with Crippen molar-refractivity contribution < 1.29 is 13.9 Å². The number of halogens is 1. The van der Waals surface area contributed by atoms with E-state index < -0.39 is 18.8 Å². The zero-order chi connectivity index (χ0) is 27.4. The fourth-order valence-electron chi connectivity index (χ4n) is 4.41. The predicted octanol–water partition coefficient (Wildman–Crippen LogP) is 5.91. The lowest BCUT2D eigenvalue weighted by Crippen LogP contribution is -2.30. The van der Waals surface area contributed by atoms with E-state index in [0.29, 0.717) is 39.6 Å². The summed E-state index contributed by atoms with van der Waals surface area (Å²) in [4.78, 5) is 18.8. The number of nitrogens with zero attached hydrogens (tertiary/aromatic N) is 6. The molecule has 0 saturated carbocycles. The van der Waals surface area contributed by atoms with Crippen molar-refractivity contribution in [3.8, 4) is 12.1 Å². The maximum absolute atomic E-state index is 13.5. The molecular weight excluding hydrogens is 497 g/mol. The van der Waals surface area contributed by atoms with E-state index in [-0.39, 0.29) is 12.6 Å². The molecule has 5 rings (SSSR count). The highest BCUT2D eigenvalue weighted by molar-refractivity contribution is 5.83. The Kier molecular flexibility index (Phi) is 7.02. The number of anilines is 3. The minimum absolute atomic E-state index is 0.0275.